The van der Waals surface area contributed by atoms with Gasteiger partial charge in [0.25, 0.3) is 0 Å². The minimum absolute atomic E-state index is 0.117. The van der Waals surface area contributed by atoms with E-state index in [1.165, 1.54) is 0 Å². The average Bonchev–Trinajstić information content (AvgIpc) is 3.09. The maximum atomic E-state index is 12.0. The zero-order valence-corrected chi connectivity index (χ0v) is 22.4. The number of aliphatic hydroxyl groups is 2. The molecular weight excluding hydrogens is 452 g/mol. The average molecular weight is 499 g/mol. The molecule has 0 saturated heterocycles. The zero-order valence-electron chi connectivity index (χ0n) is 21.6. The van der Waals surface area contributed by atoms with Crippen molar-refractivity contribution in [3.05, 3.63) is 0 Å². The Labute approximate surface area is 205 Å². The molecule has 0 spiro atoms. The second-order valence-corrected chi connectivity index (χ2v) is 14.4. The fourth-order valence-electron chi connectivity index (χ4n) is 9.53. The van der Waals surface area contributed by atoms with E-state index >= 15 is 0 Å². The topological polar surface area (TPSA) is 116 Å². The predicted octanol–water partition coefficient (Wildman–Crippen LogP) is 3.51. The Morgan fingerprint density at radius 1 is 1.03 bits per heavy atom. The molecule has 4 aliphatic rings. The number of carbonyl (C=O) groups is 1. The molecule has 0 aromatic rings. The largest absolute Gasteiger partial charge is 0.393 e. The van der Waals surface area contributed by atoms with Crippen molar-refractivity contribution in [2.45, 2.75) is 91.3 Å². The smallest absolute Gasteiger partial charge is 0.328 e. The van der Waals surface area contributed by atoms with Crippen molar-refractivity contribution in [1.29, 1.82) is 0 Å². The van der Waals surface area contributed by atoms with Crippen molar-refractivity contribution in [1.82, 2.24) is 10.0 Å². The summed E-state index contributed by atoms with van der Waals surface area (Å²) in [6.45, 7) is 9.67. The Hall–Kier alpha value is -0.860. The molecule has 0 heterocycles. The molecule has 4 fully saturated rings. The van der Waals surface area contributed by atoms with Gasteiger partial charge in [-0.3, -0.25) is 0 Å². The summed E-state index contributed by atoms with van der Waals surface area (Å²) >= 11 is 0. The number of urea groups is 1. The molecule has 0 radical (unpaired) electrons. The second kappa shape index (κ2) is 9.22. The highest BCUT2D eigenvalue weighted by Crippen LogP contribution is 2.69. The summed E-state index contributed by atoms with van der Waals surface area (Å²) in [6.07, 6.45) is 8.63. The molecule has 196 valence electrons. The highest BCUT2D eigenvalue weighted by atomic mass is 32.2. The molecule has 4 rings (SSSR count). The quantitative estimate of drug-likeness (QED) is 0.463. The minimum atomic E-state index is -3.57. The van der Waals surface area contributed by atoms with E-state index < -0.39 is 16.1 Å². The Kier molecular flexibility index (Phi) is 7.11. The van der Waals surface area contributed by atoms with Gasteiger partial charge in [-0.25, -0.2) is 17.9 Å². The highest BCUT2D eigenvalue weighted by molar-refractivity contribution is 7.89. The number of rotatable bonds is 5. The molecule has 3 unspecified atom stereocenters. The van der Waals surface area contributed by atoms with Gasteiger partial charge in [0.1, 0.15) is 0 Å². The number of nitrogens with one attached hydrogen (secondary N) is 2. The number of sulfonamides is 1. The van der Waals surface area contributed by atoms with Crippen molar-refractivity contribution < 1.29 is 23.4 Å². The van der Waals surface area contributed by atoms with E-state index in [1.807, 2.05) is 4.72 Å². The lowest BCUT2D eigenvalue weighted by Crippen LogP contribution is -2.62. The van der Waals surface area contributed by atoms with Gasteiger partial charge >= 0.3 is 6.03 Å². The van der Waals surface area contributed by atoms with Gasteiger partial charge in [-0.05, 0) is 97.2 Å². The molecule has 34 heavy (non-hydrogen) atoms. The summed E-state index contributed by atoms with van der Waals surface area (Å²) in [6, 6.07) is -0.662. The van der Waals surface area contributed by atoms with Crippen LogP contribution in [0.15, 0.2) is 0 Å². The van der Waals surface area contributed by atoms with Crippen LogP contribution in [-0.4, -0.2) is 49.7 Å². The molecule has 4 aliphatic carbocycles. The minimum Gasteiger partial charge on any atom is -0.393 e. The summed E-state index contributed by atoms with van der Waals surface area (Å²) in [5.74, 6) is 2.59. The van der Waals surface area contributed by atoms with E-state index in [-0.39, 0.29) is 34.9 Å². The Morgan fingerprint density at radius 2 is 1.68 bits per heavy atom. The molecule has 0 aliphatic heterocycles. The van der Waals surface area contributed by atoms with Crippen molar-refractivity contribution in [2.75, 3.05) is 12.8 Å². The van der Waals surface area contributed by atoms with Gasteiger partial charge in [0.15, 0.2) is 0 Å². The molecule has 4 N–H and O–H groups in total. The van der Waals surface area contributed by atoms with Crippen LogP contribution in [0.2, 0.25) is 0 Å². The van der Waals surface area contributed by atoms with Gasteiger partial charge in [0.2, 0.25) is 10.0 Å². The first-order valence-corrected chi connectivity index (χ1v) is 15.3. The lowest BCUT2D eigenvalue weighted by molar-refractivity contribution is -0.203. The van der Waals surface area contributed by atoms with E-state index in [9.17, 15) is 23.4 Å². The van der Waals surface area contributed by atoms with E-state index in [1.54, 1.807) is 0 Å². The van der Waals surface area contributed by atoms with Crippen LogP contribution in [0.1, 0.15) is 79.1 Å². The van der Waals surface area contributed by atoms with Crippen LogP contribution < -0.4 is 10.0 Å². The maximum absolute atomic E-state index is 12.0. The summed E-state index contributed by atoms with van der Waals surface area (Å²) in [5.41, 5.74) is 0.312. The fourth-order valence-corrected chi connectivity index (χ4v) is 9.94. The fraction of sp³-hybridized carbons (Fsp3) is 0.962. The van der Waals surface area contributed by atoms with E-state index in [0.29, 0.717) is 36.1 Å². The molecule has 7 nitrogen and oxygen atoms in total. The van der Waals surface area contributed by atoms with Crippen molar-refractivity contribution in [3.8, 4) is 0 Å². The predicted molar refractivity (Wildman–Crippen MR) is 132 cm³/mol. The number of hydrogen-bond acceptors (Lipinski definition) is 5. The Balaban J connectivity index is 1.52. The first-order valence-electron chi connectivity index (χ1n) is 13.4. The molecule has 8 heteroatoms. The molecular formula is C26H46N2O5S. The van der Waals surface area contributed by atoms with Gasteiger partial charge < -0.3 is 15.5 Å². The summed E-state index contributed by atoms with van der Waals surface area (Å²) < 4.78 is 24.7. The van der Waals surface area contributed by atoms with Crippen LogP contribution in [-0.2, 0) is 10.0 Å². The molecule has 11 atom stereocenters. The number of carbonyl (C=O) groups excluding carboxylic acids is 1. The van der Waals surface area contributed by atoms with Crippen LogP contribution in [0.5, 0.6) is 0 Å². The van der Waals surface area contributed by atoms with Crippen molar-refractivity contribution in [2.24, 2.45) is 52.3 Å². The standard InChI is InChI=1S/C26H46N2O5S/c1-6-17-21-13-16(29)9-11-26(21,4)20-10-12-25(3)18(7-8-19(25)22(20)23(17)30)15(2)14-27-24(31)28-34(5,32)33/h15-23,29-30H,6-14H2,1-5H3,(H2,27,28,31)/t15-,16-,17-,18-,19+,20+,21?,22?,23-,25?,26-/m1/s1. The molecule has 0 aromatic heterocycles. The molecule has 4 saturated carbocycles. The SMILES string of the molecule is CC[C@@H]1C2C[C@H](O)CC[C@]2(C)[C@H]2CCC3(C)[C@@H]([C@H](C)CNC(=O)NS(C)(=O)=O)CC[C@H]3C2[C@@H]1O. The van der Waals surface area contributed by atoms with Crippen LogP contribution in [0.3, 0.4) is 0 Å². The maximum Gasteiger partial charge on any atom is 0.328 e. The van der Waals surface area contributed by atoms with Gasteiger partial charge in [0, 0.05) is 6.54 Å². The normalized spacial score (nSPS) is 47.1. The van der Waals surface area contributed by atoms with Gasteiger partial charge in [-0.2, -0.15) is 0 Å². The van der Waals surface area contributed by atoms with E-state index in [4.69, 9.17) is 0 Å². The third kappa shape index (κ3) is 4.40. The Bertz CT molecular complexity index is 880. The highest BCUT2D eigenvalue weighted by Gasteiger charge is 2.64. The van der Waals surface area contributed by atoms with Crippen LogP contribution >= 0.6 is 0 Å². The zero-order chi connectivity index (χ0) is 25.1. The molecule has 2 amide bonds. The third-order valence-corrected chi connectivity index (χ3v) is 11.6. The first kappa shape index (κ1) is 26.2. The third-order valence-electron chi connectivity index (χ3n) is 11.0. The van der Waals surface area contributed by atoms with Crippen molar-refractivity contribution >= 4 is 16.1 Å². The lowest BCUT2D eigenvalue weighted by atomic mass is 9.41. The van der Waals surface area contributed by atoms with Crippen molar-refractivity contribution in [3.63, 3.8) is 0 Å². The Morgan fingerprint density at radius 3 is 2.32 bits per heavy atom. The van der Waals surface area contributed by atoms with Crippen LogP contribution in [0.25, 0.3) is 0 Å². The molecule has 0 aromatic carbocycles. The van der Waals surface area contributed by atoms with Gasteiger partial charge in [-0.1, -0.05) is 34.1 Å². The van der Waals surface area contributed by atoms with Crippen LogP contribution in [0.4, 0.5) is 4.79 Å². The number of hydrogen-bond donors (Lipinski definition) is 4. The number of fused-ring (bicyclic) bond motifs is 5. The lowest BCUT2D eigenvalue weighted by Gasteiger charge is -2.64. The number of aliphatic hydroxyl groups excluding tert-OH is 2. The van der Waals surface area contributed by atoms with Gasteiger partial charge in [-0.15, -0.1) is 0 Å². The second-order valence-electron chi connectivity index (χ2n) is 12.7. The summed E-state index contributed by atoms with van der Waals surface area (Å²) in [7, 11) is -3.57. The first-order chi connectivity index (χ1) is 15.8. The van der Waals surface area contributed by atoms with E-state index in [2.05, 4.69) is 33.0 Å². The monoisotopic (exact) mass is 498 g/mol. The summed E-state index contributed by atoms with van der Waals surface area (Å²) in [5, 5.41) is 25.0. The van der Waals surface area contributed by atoms with E-state index in [0.717, 1.165) is 57.6 Å². The van der Waals surface area contributed by atoms with Crippen LogP contribution in [0, 0.1) is 52.3 Å². The van der Waals surface area contributed by atoms with Gasteiger partial charge in [0.05, 0.1) is 18.5 Å². The number of amides is 2. The molecule has 0 bridgehead atoms. The summed E-state index contributed by atoms with van der Waals surface area (Å²) in [4.78, 5) is 12.0.